The van der Waals surface area contributed by atoms with Crippen LogP contribution in [0, 0.1) is 18.6 Å². The standard InChI is InChI=1S/C15H13F2NOS/c1-10-2-5-12(6-3-10)20-9-15(19)18-14-7-4-11(16)8-13(14)17/h2-8H,9H2,1H3,(H,18,19). The Morgan fingerprint density at radius 1 is 1.15 bits per heavy atom. The van der Waals surface area contributed by atoms with Gasteiger partial charge in [-0.2, -0.15) is 0 Å². The number of aryl methyl sites for hydroxylation is 1. The number of thioether (sulfide) groups is 1. The summed E-state index contributed by atoms with van der Waals surface area (Å²) in [4.78, 5) is 12.7. The van der Waals surface area contributed by atoms with Crippen LogP contribution in [0.2, 0.25) is 0 Å². The topological polar surface area (TPSA) is 29.1 Å². The van der Waals surface area contributed by atoms with Gasteiger partial charge in [0.25, 0.3) is 0 Å². The molecule has 1 amide bonds. The number of rotatable bonds is 4. The Bertz CT molecular complexity index is 614. The third-order valence-corrected chi connectivity index (χ3v) is 3.61. The highest BCUT2D eigenvalue weighted by Gasteiger charge is 2.08. The minimum atomic E-state index is -0.779. The second-order valence-corrected chi connectivity index (χ2v) is 5.32. The molecule has 2 aromatic carbocycles. The molecule has 2 nitrogen and oxygen atoms in total. The lowest BCUT2D eigenvalue weighted by molar-refractivity contribution is -0.113. The molecule has 0 aromatic heterocycles. The summed E-state index contributed by atoms with van der Waals surface area (Å²) < 4.78 is 26.1. The normalized spacial score (nSPS) is 10.3. The van der Waals surface area contributed by atoms with Gasteiger partial charge in [-0.1, -0.05) is 17.7 Å². The molecule has 0 aliphatic heterocycles. The zero-order valence-electron chi connectivity index (χ0n) is 10.8. The lowest BCUT2D eigenvalue weighted by atomic mass is 10.2. The minimum Gasteiger partial charge on any atom is -0.323 e. The quantitative estimate of drug-likeness (QED) is 0.863. The SMILES string of the molecule is Cc1ccc(SCC(=O)Nc2ccc(F)cc2F)cc1. The number of carbonyl (C=O) groups is 1. The van der Waals surface area contributed by atoms with Gasteiger partial charge in [-0.15, -0.1) is 11.8 Å². The van der Waals surface area contributed by atoms with Gasteiger partial charge >= 0.3 is 0 Å². The average molecular weight is 293 g/mol. The van der Waals surface area contributed by atoms with E-state index in [1.165, 1.54) is 17.8 Å². The molecule has 0 aliphatic carbocycles. The van der Waals surface area contributed by atoms with Crippen molar-refractivity contribution >= 4 is 23.4 Å². The van der Waals surface area contributed by atoms with E-state index in [-0.39, 0.29) is 17.3 Å². The Hall–Kier alpha value is -1.88. The van der Waals surface area contributed by atoms with Crippen molar-refractivity contribution in [2.24, 2.45) is 0 Å². The van der Waals surface area contributed by atoms with Crippen molar-refractivity contribution in [1.82, 2.24) is 0 Å². The van der Waals surface area contributed by atoms with Crippen molar-refractivity contribution in [3.63, 3.8) is 0 Å². The number of amides is 1. The molecule has 20 heavy (non-hydrogen) atoms. The molecule has 0 unspecified atom stereocenters. The maximum Gasteiger partial charge on any atom is 0.234 e. The molecule has 2 aromatic rings. The molecule has 0 bridgehead atoms. The van der Waals surface area contributed by atoms with Crippen LogP contribution in [0.1, 0.15) is 5.56 Å². The Morgan fingerprint density at radius 2 is 1.85 bits per heavy atom. The molecule has 0 atom stereocenters. The minimum absolute atomic E-state index is 0.0130. The van der Waals surface area contributed by atoms with E-state index >= 15 is 0 Å². The van der Waals surface area contributed by atoms with Crippen molar-refractivity contribution in [2.75, 3.05) is 11.1 Å². The van der Waals surface area contributed by atoms with Gasteiger partial charge in [0, 0.05) is 11.0 Å². The molecule has 0 aliphatic rings. The van der Waals surface area contributed by atoms with Crippen molar-refractivity contribution in [1.29, 1.82) is 0 Å². The van der Waals surface area contributed by atoms with Crippen LogP contribution in [0.5, 0.6) is 0 Å². The highest BCUT2D eigenvalue weighted by molar-refractivity contribution is 8.00. The largest absolute Gasteiger partial charge is 0.323 e. The molecule has 0 heterocycles. The van der Waals surface area contributed by atoms with E-state index in [1.807, 2.05) is 31.2 Å². The predicted molar refractivity (Wildman–Crippen MR) is 76.9 cm³/mol. The van der Waals surface area contributed by atoms with Crippen LogP contribution in [-0.4, -0.2) is 11.7 Å². The average Bonchev–Trinajstić information content (AvgIpc) is 2.41. The fraction of sp³-hybridized carbons (Fsp3) is 0.133. The molecule has 0 spiro atoms. The molecule has 0 saturated carbocycles. The number of hydrogen-bond donors (Lipinski definition) is 1. The van der Waals surface area contributed by atoms with Crippen LogP contribution in [0.25, 0.3) is 0 Å². The summed E-state index contributed by atoms with van der Waals surface area (Å²) in [7, 11) is 0. The van der Waals surface area contributed by atoms with Gasteiger partial charge in [0.2, 0.25) is 5.91 Å². The molecular weight excluding hydrogens is 280 g/mol. The summed E-state index contributed by atoms with van der Waals surface area (Å²) in [6.07, 6.45) is 0. The number of hydrogen-bond acceptors (Lipinski definition) is 2. The maximum absolute atomic E-state index is 13.4. The molecule has 0 saturated heterocycles. The number of benzene rings is 2. The highest BCUT2D eigenvalue weighted by atomic mass is 32.2. The number of nitrogens with one attached hydrogen (secondary N) is 1. The van der Waals surface area contributed by atoms with Gasteiger partial charge in [-0.3, -0.25) is 4.79 Å². The van der Waals surface area contributed by atoms with Gasteiger partial charge in [-0.05, 0) is 31.2 Å². The smallest absolute Gasteiger partial charge is 0.234 e. The van der Waals surface area contributed by atoms with E-state index in [1.54, 1.807) is 0 Å². The highest BCUT2D eigenvalue weighted by Crippen LogP contribution is 2.19. The summed E-state index contributed by atoms with van der Waals surface area (Å²) in [6.45, 7) is 1.98. The maximum atomic E-state index is 13.4. The van der Waals surface area contributed by atoms with Crippen molar-refractivity contribution in [2.45, 2.75) is 11.8 Å². The fourth-order valence-electron chi connectivity index (χ4n) is 1.56. The van der Waals surface area contributed by atoms with Crippen LogP contribution in [0.15, 0.2) is 47.4 Å². The summed E-state index contributed by atoms with van der Waals surface area (Å²) in [5.74, 6) is -1.62. The first-order valence-electron chi connectivity index (χ1n) is 5.99. The van der Waals surface area contributed by atoms with Crippen LogP contribution < -0.4 is 5.32 Å². The zero-order valence-corrected chi connectivity index (χ0v) is 11.6. The van der Waals surface area contributed by atoms with Crippen LogP contribution >= 0.6 is 11.8 Å². The van der Waals surface area contributed by atoms with Crippen LogP contribution in [0.3, 0.4) is 0 Å². The fourth-order valence-corrected chi connectivity index (χ4v) is 2.26. The van der Waals surface area contributed by atoms with Gasteiger partial charge < -0.3 is 5.32 Å². The molecule has 0 radical (unpaired) electrons. The summed E-state index contributed by atoms with van der Waals surface area (Å²) in [5.41, 5.74) is 1.13. The van der Waals surface area contributed by atoms with E-state index in [4.69, 9.17) is 0 Å². The third-order valence-electron chi connectivity index (χ3n) is 2.60. The number of halogens is 2. The van der Waals surface area contributed by atoms with E-state index in [0.717, 1.165) is 22.6 Å². The van der Waals surface area contributed by atoms with Gasteiger partial charge in [0.15, 0.2) is 0 Å². The Balaban J connectivity index is 1.90. The monoisotopic (exact) mass is 293 g/mol. The van der Waals surface area contributed by atoms with E-state index in [9.17, 15) is 13.6 Å². The first-order chi connectivity index (χ1) is 9.54. The lowest BCUT2D eigenvalue weighted by Crippen LogP contribution is -2.15. The van der Waals surface area contributed by atoms with E-state index < -0.39 is 11.6 Å². The molecule has 104 valence electrons. The van der Waals surface area contributed by atoms with Crippen molar-refractivity contribution in [3.8, 4) is 0 Å². The third kappa shape index (κ3) is 4.06. The van der Waals surface area contributed by atoms with Gasteiger partial charge in [0.05, 0.1) is 11.4 Å². The Labute approximate surface area is 120 Å². The summed E-state index contributed by atoms with van der Waals surface area (Å²) in [5, 5.41) is 2.42. The first kappa shape index (κ1) is 14.5. The van der Waals surface area contributed by atoms with Crippen molar-refractivity contribution < 1.29 is 13.6 Å². The van der Waals surface area contributed by atoms with Crippen LogP contribution in [-0.2, 0) is 4.79 Å². The number of carbonyl (C=O) groups excluding carboxylic acids is 1. The zero-order chi connectivity index (χ0) is 14.5. The van der Waals surface area contributed by atoms with E-state index in [2.05, 4.69) is 5.32 Å². The van der Waals surface area contributed by atoms with Crippen LogP contribution in [0.4, 0.5) is 14.5 Å². The molecule has 0 fully saturated rings. The van der Waals surface area contributed by atoms with Gasteiger partial charge in [0.1, 0.15) is 11.6 Å². The molecule has 5 heteroatoms. The van der Waals surface area contributed by atoms with E-state index in [0.29, 0.717) is 0 Å². The molecule has 2 rings (SSSR count). The Kier molecular flexibility index (Phi) is 4.74. The summed E-state index contributed by atoms with van der Waals surface area (Å²) >= 11 is 1.36. The predicted octanol–water partition coefficient (Wildman–Crippen LogP) is 4.00. The molecular formula is C15H13F2NOS. The molecule has 1 N–H and O–H groups in total. The second-order valence-electron chi connectivity index (χ2n) is 4.27. The Morgan fingerprint density at radius 3 is 2.50 bits per heavy atom. The first-order valence-corrected chi connectivity index (χ1v) is 6.97. The van der Waals surface area contributed by atoms with Gasteiger partial charge in [-0.25, -0.2) is 8.78 Å². The lowest BCUT2D eigenvalue weighted by Gasteiger charge is -2.06. The second kappa shape index (κ2) is 6.52. The number of anilines is 1. The summed E-state index contributed by atoms with van der Waals surface area (Å²) in [6, 6.07) is 10.8. The van der Waals surface area contributed by atoms with Crippen molar-refractivity contribution in [3.05, 3.63) is 59.7 Å².